The van der Waals surface area contributed by atoms with Gasteiger partial charge in [-0.15, -0.1) is 0 Å². The maximum absolute atomic E-state index is 11.6. The Balaban J connectivity index is 2.47. The smallest absolute Gasteiger partial charge is 0.307 e. The van der Waals surface area contributed by atoms with Crippen molar-refractivity contribution >= 4 is 16.8 Å². The van der Waals surface area contributed by atoms with Crippen LogP contribution in [-0.4, -0.2) is 21.0 Å². The van der Waals surface area contributed by atoms with E-state index in [2.05, 4.69) is 0 Å². The zero-order valence-electron chi connectivity index (χ0n) is 8.55. The molecule has 0 heterocycles. The second-order valence-electron chi connectivity index (χ2n) is 3.48. The van der Waals surface area contributed by atoms with Gasteiger partial charge in [-0.05, 0) is 5.56 Å². The van der Waals surface area contributed by atoms with Gasteiger partial charge in [-0.2, -0.15) is 0 Å². The summed E-state index contributed by atoms with van der Waals surface area (Å²) in [6, 6.07) is 9.44. The van der Waals surface area contributed by atoms with Gasteiger partial charge in [-0.25, -0.2) is 0 Å². The lowest BCUT2D eigenvalue weighted by Gasteiger charge is -2.05. The molecule has 0 aliphatic rings. The highest BCUT2D eigenvalue weighted by Gasteiger charge is 2.14. The van der Waals surface area contributed by atoms with Crippen molar-refractivity contribution in [1.82, 2.24) is 0 Å². The number of carboxylic acid groups (broad SMARTS) is 1. The van der Waals surface area contributed by atoms with E-state index in [0.717, 1.165) is 5.56 Å². The standard InChI is InChI=1S/C11H14O3S/c1-9(11(12)13)7-15(14)8-10-5-3-2-4-6-10/h2-6,9H,7-8H2,1H3,(H,12,13). The molecule has 82 valence electrons. The zero-order chi connectivity index (χ0) is 11.3. The summed E-state index contributed by atoms with van der Waals surface area (Å²) in [6.45, 7) is 1.57. The number of hydrogen-bond acceptors (Lipinski definition) is 2. The molecule has 0 aliphatic heterocycles. The monoisotopic (exact) mass is 226 g/mol. The van der Waals surface area contributed by atoms with Crippen LogP contribution in [0, 0.1) is 5.92 Å². The third kappa shape index (κ3) is 4.25. The van der Waals surface area contributed by atoms with Gasteiger partial charge in [0, 0.05) is 22.3 Å². The summed E-state index contributed by atoms with van der Waals surface area (Å²) in [5, 5.41) is 8.66. The van der Waals surface area contributed by atoms with Crippen LogP contribution in [0.15, 0.2) is 30.3 Å². The van der Waals surface area contributed by atoms with Gasteiger partial charge in [0.05, 0.1) is 5.92 Å². The first-order valence-electron chi connectivity index (χ1n) is 4.71. The molecule has 2 atom stereocenters. The lowest BCUT2D eigenvalue weighted by atomic mass is 10.2. The molecule has 1 aromatic rings. The number of benzene rings is 1. The summed E-state index contributed by atoms with van der Waals surface area (Å²) in [4.78, 5) is 10.6. The Morgan fingerprint density at radius 2 is 2.00 bits per heavy atom. The molecule has 0 saturated heterocycles. The molecule has 0 fully saturated rings. The molecule has 0 spiro atoms. The Morgan fingerprint density at radius 1 is 1.40 bits per heavy atom. The summed E-state index contributed by atoms with van der Waals surface area (Å²) >= 11 is 0. The van der Waals surface area contributed by atoms with E-state index in [1.165, 1.54) is 0 Å². The average molecular weight is 226 g/mol. The largest absolute Gasteiger partial charge is 0.481 e. The van der Waals surface area contributed by atoms with Gasteiger partial charge < -0.3 is 5.11 Å². The third-order valence-corrected chi connectivity index (χ3v) is 3.56. The van der Waals surface area contributed by atoms with Crippen LogP contribution in [0.2, 0.25) is 0 Å². The molecule has 15 heavy (non-hydrogen) atoms. The van der Waals surface area contributed by atoms with Crippen molar-refractivity contribution in [3.8, 4) is 0 Å². The Labute approximate surface area is 91.6 Å². The number of carbonyl (C=O) groups is 1. The van der Waals surface area contributed by atoms with Crippen LogP contribution < -0.4 is 0 Å². The van der Waals surface area contributed by atoms with Gasteiger partial charge in [-0.3, -0.25) is 9.00 Å². The molecule has 1 aromatic carbocycles. The maximum Gasteiger partial charge on any atom is 0.307 e. The fraction of sp³-hybridized carbons (Fsp3) is 0.364. The maximum atomic E-state index is 11.6. The van der Waals surface area contributed by atoms with Gasteiger partial charge in [0.25, 0.3) is 0 Å². The molecular formula is C11H14O3S. The molecule has 0 bridgehead atoms. The SMILES string of the molecule is CC(CS(=O)Cc1ccccc1)C(=O)O. The number of hydrogen-bond donors (Lipinski definition) is 1. The van der Waals surface area contributed by atoms with Gasteiger partial charge >= 0.3 is 5.97 Å². The highest BCUT2D eigenvalue weighted by Crippen LogP contribution is 2.06. The normalized spacial score (nSPS) is 14.5. The minimum Gasteiger partial charge on any atom is -0.481 e. The van der Waals surface area contributed by atoms with Crippen LogP contribution in [0.4, 0.5) is 0 Å². The molecule has 0 aliphatic carbocycles. The van der Waals surface area contributed by atoms with Crippen molar-refractivity contribution in [1.29, 1.82) is 0 Å². The first-order chi connectivity index (χ1) is 7.09. The van der Waals surface area contributed by atoms with Gasteiger partial charge in [0.15, 0.2) is 0 Å². The summed E-state index contributed by atoms with van der Waals surface area (Å²) < 4.78 is 11.6. The first kappa shape index (κ1) is 11.9. The predicted molar refractivity (Wildman–Crippen MR) is 60.0 cm³/mol. The van der Waals surface area contributed by atoms with E-state index >= 15 is 0 Å². The number of aliphatic carboxylic acids is 1. The van der Waals surface area contributed by atoms with Crippen molar-refractivity contribution in [2.75, 3.05) is 5.75 Å². The lowest BCUT2D eigenvalue weighted by molar-refractivity contribution is -0.140. The van der Waals surface area contributed by atoms with Crippen LogP contribution in [0.1, 0.15) is 12.5 Å². The van der Waals surface area contributed by atoms with Crippen molar-refractivity contribution < 1.29 is 14.1 Å². The Morgan fingerprint density at radius 3 is 2.53 bits per heavy atom. The second-order valence-corrected chi connectivity index (χ2v) is 4.98. The van der Waals surface area contributed by atoms with Crippen molar-refractivity contribution in [3.63, 3.8) is 0 Å². The minimum absolute atomic E-state index is 0.213. The van der Waals surface area contributed by atoms with E-state index < -0.39 is 22.7 Å². The van der Waals surface area contributed by atoms with Crippen LogP contribution in [0.3, 0.4) is 0 Å². The number of rotatable bonds is 5. The fourth-order valence-electron chi connectivity index (χ4n) is 1.17. The lowest BCUT2D eigenvalue weighted by Crippen LogP contribution is -2.18. The molecule has 0 aromatic heterocycles. The highest BCUT2D eigenvalue weighted by molar-refractivity contribution is 7.84. The van der Waals surface area contributed by atoms with E-state index in [1.807, 2.05) is 30.3 Å². The van der Waals surface area contributed by atoms with E-state index in [-0.39, 0.29) is 5.75 Å². The van der Waals surface area contributed by atoms with E-state index in [0.29, 0.717) is 5.75 Å². The summed E-state index contributed by atoms with van der Waals surface area (Å²) in [6.07, 6.45) is 0. The third-order valence-electron chi connectivity index (χ3n) is 2.03. The Bertz CT molecular complexity index is 348. The van der Waals surface area contributed by atoms with E-state index in [4.69, 9.17) is 5.11 Å². The second kappa shape index (κ2) is 5.66. The van der Waals surface area contributed by atoms with Gasteiger partial charge in [-0.1, -0.05) is 37.3 Å². The number of carboxylic acids is 1. The van der Waals surface area contributed by atoms with Crippen LogP contribution in [-0.2, 0) is 21.3 Å². The van der Waals surface area contributed by atoms with E-state index in [9.17, 15) is 9.00 Å². The van der Waals surface area contributed by atoms with Crippen molar-refractivity contribution in [2.24, 2.45) is 5.92 Å². The Kier molecular flexibility index (Phi) is 4.49. The summed E-state index contributed by atoms with van der Waals surface area (Å²) in [5.41, 5.74) is 0.980. The fourth-order valence-corrected chi connectivity index (χ4v) is 2.55. The minimum atomic E-state index is -1.10. The average Bonchev–Trinajstić information content (AvgIpc) is 2.18. The van der Waals surface area contributed by atoms with Crippen molar-refractivity contribution in [2.45, 2.75) is 12.7 Å². The van der Waals surface area contributed by atoms with Crippen LogP contribution in [0.25, 0.3) is 0 Å². The summed E-state index contributed by atoms with van der Waals surface area (Å²) in [7, 11) is -1.10. The molecule has 2 unspecified atom stereocenters. The van der Waals surface area contributed by atoms with E-state index in [1.54, 1.807) is 6.92 Å². The highest BCUT2D eigenvalue weighted by atomic mass is 32.2. The molecule has 1 rings (SSSR count). The van der Waals surface area contributed by atoms with Gasteiger partial charge in [0.1, 0.15) is 0 Å². The Hall–Kier alpha value is -1.16. The van der Waals surface area contributed by atoms with Gasteiger partial charge in [0.2, 0.25) is 0 Å². The molecular weight excluding hydrogens is 212 g/mol. The van der Waals surface area contributed by atoms with Crippen LogP contribution >= 0.6 is 0 Å². The molecule has 0 radical (unpaired) electrons. The molecule has 3 nitrogen and oxygen atoms in total. The quantitative estimate of drug-likeness (QED) is 0.830. The molecule has 4 heteroatoms. The predicted octanol–water partition coefficient (Wildman–Crippen LogP) is 1.66. The summed E-state index contributed by atoms with van der Waals surface area (Å²) in [5.74, 6) is -0.797. The topological polar surface area (TPSA) is 54.4 Å². The van der Waals surface area contributed by atoms with Crippen LogP contribution in [0.5, 0.6) is 0 Å². The zero-order valence-corrected chi connectivity index (χ0v) is 9.37. The molecule has 1 N–H and O–H groups in total. The molecule has 0 saturated carbocycles. The van der Waals surface area contributed by atoms with Crippen molar-refractivity contribution in [3.05, 3.63) is 35.9 Å². The molecule has 0 amide bonds. The first-order valence-corrected chi connectivity index (χ1v) is 6.20.